The minimum absolute atomic E-state index is 0.526. The molecule has 0 aliphatic carbocycles. The molecule has 0 spiro atoms. The summed E-state index contributed by atoms with van der Waals surface area (Å²) in [5, 5.41) is 12.2. The van der Waals surface area contributed by atoms with Crippen LogP contribution in [-0.4, -0.2) is 16.5 Å². The van der Waals surface area contributed by atoms with Gasteiger partial charge in [0.15, 0.2) is 0 Å². The van der Waals surface area contributed by atoms with Gasteiger partial charge in [-0.3, -0.25) is 0 Å². The molecule has 1 aromatic heterocycles. The lowest BCUT2D eigenvalue weighted by molar-refractivity contribution is 0.0777. The smallest absolute Gasteiger partial charge is 0.0599 e. The van der Waals surface area contributed by atoms with E-state index in [-0.39, 0.29) is 0 Å². The summed E-state index contributed by atoms with van der Waals surface area (Å²) in [7, 11) is 0. The Morgan fingerprint density at radius 3 is 2.79 bits per heavy atom. The number of hydrogen-bond donors (Lipinski definition) is 1. The maximum absolute atomic E-state index is 9.55. The summed E-state index contributed by atoms with van der Waals surface area (Å²) in [6.07, 6.45) is 0.855. The van der Waals surface area contributed by atoms with Crippen molar-refractivity contribution in [1.29, 1.82) is 0 Å². The first kappa shape index (κ1) is 12.1. The molecule has 1 nitrogen and oxygen atoms in total. The molecular formula is C11H18OS2. The van der Waals surface area contributed by atoms with Crippen LogP contribution in [0.2, 0.25) is 0 Å². The van der Waals surface area contributed by atoms with Crippen molar-refractivity contribution < 1.29 is 5.11 Å². The zero-order chi connectivity index (χ0) is 10.6. The van der Waals surface area contributed by atoms with Gasteiger partial charge in [-0.05, 0) is 44.4 Å². The molecule has 0 fully saturated rings. The first-order valence-corrected chi connectivity index (χ1v) is 6.79. The van der Waals surface area contributed by atoms with E-state index in [0.717, 1.165) is 12.2 Å². The van der Waals surface area contributed by atoms with Crippen molar-refractivity contribution in [3.63, 3.8) is 0 Å². The molecule has 14 heavy (non-hydrogen) atoms. The van der Waals surface area contributed by atoms with E-state index in [0.29, 0.717) is 5.25 Å². The maximum atomic E-state index is 9.55. The van der Waals surface area contributed by atoms with Gasteiger partial charge < -0.3 is 5.11 Å². The summed E-state index contributed by atoms with van der Waals surface area (Å²) >= 11 is 3.72. The van der Waals surface area contributed by atoms with Gasteiger partial charge in [0.25, 0.3) is 0 Å². The number of hydrogen-bond acceptors (Lipinski definition) is 3. The van der Waals surface area contributed by atoms with E-state index < -0.39 is 5.60 Å². The molecule has 1 rings (SSSR count). The lowest BCUT2D eigenvalue weighted by Gasteiger charge is -2.17. The molecule has 1 N–H and O–H groups in total. The summed E-state index contributed by atoms with van der Waals surface area (Å²) in [5.41, 5.74) is -0.526. The molecule has 1 atom stereocenters. The van der Waals surface area contributed by atoms with Gasteiger partial charge >= 0.3 is 0 Å². The fourth-order valence-corrected chi connectivity index (χ4v) is 3.34. The van der Waals surface area contributed by atoms with Crippen LogP contribution in [0.5, 0.6) is 0 Å². The third-order valence-electron chi connectivity index (χ3n) is 2.03. The standard InChI is InChI=1S/C11H18OS2/c1-9(10-5-4-7-14-10)13-8-6-11(2,3)12/h4-5,7,9,12H,6,8H2,1-3H3. The molecule has 3 heteroatoms. The van der Waals surface area contributed by atoms with Crippen LogP contribution in [0.25, 0.3) is 0 Å². The van der Waals surface area contributed by atoms with Crippen molar-refractivity contribution in [2.75, 3.05) is 5.75 Å². The van der Waals surface area contributed by atoms with Crippen LogP contribution < -0.4 is 0 Å². The van der Waals surface area contributed by atoms with E-state index in [1.165, 1.54) is 4.88 Å². The molecule has 0 aromatic carbocycles. The van der Waals surface area contributed by atoms with Crippen LogP contribution in [0.4, 0.5) is 0 Å². The Bertz CT molecular complexity index is 249. The molecule has 0 amide bonds. The second-order valence-electron chi connectivity index (χ2n) is 4.09. The summed E-state index contributed by atoms with van der Waals surface area (Å²) in [5.74, 6) is 1.02. The maximum Gasteiger partial charge on any atom is 0.0599 e. The Morgan fingerprint density at radius 1 is 1.57 bits per heavy atom. The van der Waals surface area contributed by atoms with Gasteiger partial charge in [-0.2, -0.15) is 11.8 Å². The molecule has 0 bridgehead atoms. The van der Waals surface area contributed by atoms with Crippen molar-refractivity contribution in [2.24, 2.45) is 0 Å². The molecule has 1 aromatic rings. The van der Waals surface area contributed by atoms with Gasteiger partial charge in [-0.25, -0.2) is 0 Å². The molecule has 80 valence electrons. The molecule has 0 saturated heterocycles. The van der Waals surface area contributed by atoms with E-state index in [4.69, 9.17) is 0 Å². The van der Waals surface area contributed by atoms with E-state index in [9.17, 15) is 5.11 Å². The Hall–Kier alpha value is 0.01000. The predicted octanol–water partition coefficient (Wildman–Crippen LogP) is 3.70. The first-order chi connectivity index (χ1) is 6.49. The van der Waals surface area contributed by atoms with Crippen LogP contribution >= 0.6 is 23.1 Å². The summed E-state index contributed by atoms with van der Waals surface area (Å²) in [6, 6.07) is 4.26. The van der Waals surface area contributed by atoms with Gasteiger partial charge in [-0.1, -0.05) is 6.07 Å². The van der Waals surface area contributed by atoms with E-state index in [1.54, 1.807) is 11.3 Å². The van der Waals surface area contributed by atoms with Crippen molar-refractivity contribution in [1.82, 2.24) is 0 Å². The highest BCUT2D eigenvalue weighted by atomic mass is 32.2. The molecule has 0 radical (unpaired) electrons. The number of aliphatic hydroxyl groups is 1. The SMILES string of the molecule is CC(SCCC(C)(C)O)c1cccs1. The lowest BCUT2D eigenvalue weighted by Crippen LogP contribution is -2.19. The quantitative estimate of drug-likeness (QED) is 0.832. The minimum Gasteiger partial charge on any atom is -0.390 e. The Balaban J connectivity index is 2.26. The number of thiophene rings is 1. The van der Waals surface area contributed by atoms with Gasteiger partial charge in [0.05, 0.1) is 5.60 Å². The predicted molar refractivity (Wildman–Crippen MR) is 66.1 cm³/mol. The summed E-state index contributed by atoms with van der Waals surface area (Å²) in [6.45, 7) is 5.95. The highest BCUT2D eigenvalue weighted by molar-refractivity contribution is 7.99. The zero-order valence-electron chi connectivity index (χ0n) is 8.99. The monoisotopic (exact) mass is 230 g/mol. The van der Waals surface area contributed by atoms with Gasteiger partial charge in [0.2, 0.25) is 0 Å². The average Bonchev–Trinajstić information content (AvgIpc) is 2.53. The highest BCUT2D eigenvalue weighted by Crippen LogP contribution is 2.32. The third-order valence-corrected chi connectivity index (χ3v) is 4.42. The Kier molecular flexibility index (Phi) is 4.48. The van der Waals surface area contributed by atoms with Gasteiger partial charge in [-0.15, -0.1) is 11.3 Å². The zero-order valence-corrected chi connectivity index (χ0v) is 10.6. The molecule has 1 heterocycles. The topological polar surface area (TPSA) is 20.2 Å². The molecule has 1 unspecified atom stereocenters. The fraction of sp³-hybridized carbons (Fsp3) is 0.636. The Morgan fingerprint density at radius 2 is 2.29 bits per heavy atom. The number of rotatable bonds is 5. The van der Waals surface area contributed by atoms with Crippen molar-refractivity contribution >= 4 is 23.1 Å². The van der Waals surface area contributed by atoms with Crippen molar-refractivity contribution in [2.45, 2.75) is 38.0 Å². The number of thioether (sulfide) groups is 1. The van der Waals surface area contributed by atoms with Crippen LogP contribution in [-0.2, 0) is 0 Å². The van der Waals surface area contributed by atoms with Crippen molar-refractivity contribution in [3.05, 3.63) is 22.4 Å². The van der Waals surface area contributed by atoms with E-state index >= 15 is 0 Å². The summed E-state index contributed by atoms with van der Waals surface area (Å²) < 4.78 is 0. The molecule has 0 aliphatic heterocycles. The van der Waals surface area contributed by atoms with Gasteiger partial charge in [0.1, 0.15) is 0 Å². The fourth-order valence-electron chi connectivity index (χ4n) is 1.09. The third kappa shape index (κ3) is 4.49. The van der Waals surface area contributed by atoms with Gasteiger partial charge in [0, 0.05) is 10.1 Å². The average molecular weight is 230 g/mol. The second-order valence-corrected chi connectivity index (χ2v) is 6.52. The van der Waals surface area contributed by atoms with E-state index in [1.807, 2.05) is 25.6 Å². The van der Waals surface area contributed by atoms with E-state index in [2.05, 4.69) is 24.4 Å². The molecule has 0 saturated carbocycles. The Labute approximate surface area is 94.5 Å². The lowest BCUT2D eigenvalue weighted by atomic mass is 10.1. The summed E-state index contributed by atoms with van der Waals surface area (Å²) in [4.78, 5) is 1.42. The highest BCUT2D eigenvalue weighted by Gasteiger charge is 2.13. The molecular weight excluding hydrogens is 212 g/mol. The normalized spacial score (nSPS) is 14.3. The molecule has 0 aliphatic rings. The van der Waals surface area contributed by atoms with Crippen LogP contribution in [0.1, 0.15) is 37.3 Å². The van der Waals surface area contributed by atoms with Crippen molar-refractivity contribution in [3.8, 4) is 0 Å². The van der Waals surface area contributed by atoms with Crippen LogP contribution in [0.3, 0.4) is 0 Å². The second kappa shape index (κ2) is 5.19. The largest absolute Gasteiger partial charge is 0.390 e. The van der Waals surface area contributed by atoms with Crippen LogP contribution in [0, 0.1) is 0 Å². The minimum atomic E-state index is -0.526. The first-order valence-electron chi connectivity index (χ1n) is 4.86. The van der Waals surface area contributed by atoms with Crippen LogP contribution in [0.15, 0.2) is 17.5 Å².